The summed E-state index contributed by atoms with van der Waals surface area (Å²) in [7, 11) is 0. The van der Waals surface area contributed by atoms with E-state index in [2.05, 4.69) is 20.9 Å². The Morgan fingerprint density at radius 3 is 2.71 bits per heavy atom. The molecule has 1 amide bonds. The molecule has 0 saturated heterocycles. The second kappa shape index (κ2) is 3.24. The number of pyridine rings is 1. The van der Waals surface area contributed by atoms with Crippen molar-refractivity contribution in [3.8, 4) is 0 Å². The maximum atomic E-state index is 10.7. The Hall–Kier alpha value is -1.10. The second-order valence-corrected chi connectivity index (χ2v) is 4.19. The average Bonchev–Trinajstić information content (AvgIpc) is 2.85. The van der Waals surface area contributed by atoms with Gasteiger partial charge in [0.05, 0.1) is 5.69 Å². The van der Waals surface area contributed by atoms with Crippen molar-refractivity contribution in [3.63, 3.8) is 0 Å². The third-order valence-electron chi connectivity index (χ3n) is 2.19. The number of nitrogens with two attached hydrogens (primary N) is 1. The molecular weight excluding hydrogens is 248 g/mol. The van der Waals surface area contributed by atoms with Crippen molar-refractivity contribution in [2.75, 3.05) is 0 Å². The predicted molar refractivity (Wildman–Crippen MR) is 53.5 cm³/mol. The summed E-state index contributed by atoms with van der Waals surface area (Å²) in [5.41, 5.74) is 5.20. The highest BCUT2D eigenvalue weighted by Crippen LogP contribution is 2.48. The van der Waals surface area contributed by atoms with Crippen molar-refractivity contribution < 1.29 is 9.53 Å². The largest absolute Gasteiger partial charge is 0.437 e. The molecule has 1 aliphatic carbocycles. The minimum absolute atomic E-state index is 0.549. The number of aromatic nitrogens is 1. The number of hydrogen-bond donors (Lipinski definition) is 1. The van der Waals surface area contributed by atoms with Gasteiger partial charge in [-0.05, 0) is 40.9 Å². The normalized spacial score (nSPS) is 17.5. The molecule has 1 heterocycles. The lowest BCUT2D eigenvalue weighted by Gasteiger charge is -2.13. The number of nitrogens with zero attached hydrogens (tertiary/aromatic N) is 1. The van der Waals surface area contributed by atoms with Gasteiger partial charge in [0.25, 0.3) is 0 Å². The van der Waals surface area contributed by atoms with Gasteiger partial charge in [0.2, 0.25) is 0 Å². The molecule has 0 bridgehead atoms. The lowest BCUT2D eigenvalue weighted by molar-refractivity contribution is 0.0872. The minimum Gasteiger partial charge on any atom is -0.437 e. The summed E-state index contributed by atoms with van der Waals surface area (Å²) in [5, 5.41) is 0. The number of amides is 1. The summed E-state index contributed by atoms with van der Waals surface area (Å²) in [6, 6.07) is 3.70. The molecule has 5 heteroatoms. The fourth-order valence-corrected chi connectivity index (χ4v) is 1.60. The topological polar surface area (TPSA) is 65.2 Å². The van der Waals surface area contributed by atoms with Gasteiger partial charge in [0, 0.05) is 10.7 Å². The Morgan fingerprint density at radius 1 is 1.57 bits per heavy atom. The summed E-state index contributed by atoms with van der Waals surface area (Å²) in [4.78, 5) is 14.8. The smallest absolute Gasteiger partial charge is 0.405 e. The summed E-state index contributed by atoms with van der Waals surface area (Å²) in [5.74, 6) is 0. The third kappa shape index (κ3) is 1.72. The first-order chi connectivity index (χ1) is 6.62. The van der Waals surface area contributed by atoms with Crippen LogP contribution in [0.5, 0.6) is 0 Å². The standard InChI is InChI=1S/C9H9BrN2O2/c10-6-1-2-7(12-5-6)9(3-4-9)14-8(11)13/h1-2,5H,3-4H2,(H2,11,13). The maximum absolute atomic E-state index is 10.7. The van der Waals surface area contributed by atoms with Crippen LogP contribution in [0.4, 0.5) is 4.79 Å². The van der Waals surface area contributed by atoms with E-state index in [0.29, 0.717) is 0 Å². The van der Waals surface area contributed by atoms with E-state index in [0.717, 1.165) is 23.0 Å². The van der Waals surface area contributed by atoms with Crippen LogP contribution in [0, 0.1) is 0 Å². The Balaban J connectivity index is 2.22. The molecule has 1 saturated carbocycles. The predicted octanol–water partition coefficient (Wildman–Crippen LogP) is 1.93. The van der Waals surface area contributed by atoms with Gasteiger partial charge < -0.3 is 10.5 Å². The number of rotatable bonds is 2. The Labute approximate surface area is 89.6 Å². The molecule has 0 aliphatic heterocycles. The van der Waals surface area contributed by atoms with E-state index in [4.69, 9.17) is 10.5 Å². The molecule has 1 aromatic rings. The average molecular weight is 257 g/mol. The van der Waals surface area contributed by atoms with Crippen molar-refractivity contribution in [2.45, 2.75) is 18.4 Å². The van der Waals surface area contributed by atoms with Crippen LogP contribution in [0.1, 0.15) is 18.5 Å². The summed E-state index contributed by atoms with van der Waals surface area (Å²) >= 11 is 3.29. The highest BCUT2D eigenvalue weighted by molar-refractivity contribution is 9.10. The van der Waals surface area contributed by atoms with Gasteiger partial charge in [-0.25, -0.2) is 4.79 Å². The van der Waals surface area contributed by atoms with Gasteiger partial charge in [0.15, 0.2) is 5.60 Å². The zero-order valence-electron chi connectivity index (χ0n) is 7.37. The monoisotopic (exact) mass is 256 g/mol. The number of carbonyl (C=O) groups excluding carboxylic acids is 1. The zero-order chi connectivity index (χ0) is 10.2. The van der Waals surface area contributed by atoms with Crippen LogP contribution in [0.2, 0.25) is 0 Å². The van der Waals surface area contributed by atoms with Crippen LogP contribution in [0.15, 0.2) is 22.8 Å². The number of hydrogen-bond acceptors (Lipinski definition) is 3. The van der Waals surface area contributed by atoms with Gasteiger partial charge in [-0.1, -0.05) is 0 Å². The molecular formula is C9H9BrN2O2. The van der Waals surface area contributed by atoms with Crippen molar-refractivity contribution in [1.29, 1.82) is 0 Å². The highest BCUT2D eigenvalue weighted by atomic mass is 79.9. The molecule has 0 radical (unpaired) electrons. The fraction of sp³-hybridized carbons (Fsp3) is 0.333. The SMILES string of the molecule is NC(=O)OC1(c2ccc(Br)cn2)CC1. The summed E-state index contributed by atoms with van der Waals surface area (Å²) < 4.78 is 5.93. The number of halogens is 1. The van der Waals surface area contributed by atoms with E-state index in [1.807, 2.05) is 12.1 Å². The highest BCUT2D eigenvalue weighted by Gasteiger charge is 2.49. The summed E-state index contributed by atoms with van der Waals surface area (Å²) in [6.07, 6.45) is 2.53. The van der Waals surface area contributed by atoms with E-state index in [1.54, 1.807) is 6.20 Å². The van der Waals surface area contributed by atoms with E-state index >= 15 is 0 Å². The molecule has 0 unspecified atom stereocenters. The van der Waals surface area contributed by atoms with Crippen LogP contribution in [0.3, 0.4) is 0 Å². The Kier molecular flexibility index (Phi) is 2.19. The van der Waals surface area contributed by atoms with Crippen LogP contribution >= 0.6 is 15.9 Å². The quantitative estimate of drug-likeness (QED) is 0.880. The molecule has 1 aromatic heterocycles. The first-order valence-corrected chi connectivity index (χ1v) is 5.02. The number of primary amides is 1. The number of ether oxygens (including phenoxy) is 1. The van der Waals surface area contributed by atoms with Crippen molar-refractivity contribution in [2.24, 2.45) is 5.73 Å². The first kappa shape index (κ1) is 9.45. The Morgan fingerprint density at radius 2 is 2.29 bits per heavy atom. The lowest BCUT2D eigenvalue weighted by Crippen LogP contribution is -2.23. The van der Waals surface area contributed by atoms with Gasteiger partial charge in [0.1, 0.15) is 0 Å². The zero-order valence-corrected chi connectivity index (χ0v) is 8.95. The van der Waals surface area contributed by atoms with Gasteiger partial charge >= 0.3 is 6.09 Å². The Bertz CT molecular complexity index is 360. The van der Waals surface area contributed by atoms with E-state index in [9.17, 15) is 4.79 Å². The molecule has 0 spiro atoms. The van der Waals surface area contributed by atoms with Crippen LogP contribution < -0.4 is 5.73 Å². The van der Waals surface area contributed by atoms with E-state index in [-0.39, 0.29) is 0 Å². The van der Waals surface area contributed by atoms with E-state index < -0.39 is 11.7 Å². The molecule has 0 aromatic carbocycles. The lowest BCUT2D eigenvalue weighted by atomic mass is 10.2. The fourth-order valence-electron chi connectivity index (χ4n) is 1.36. The minimum atomic E-state index is -0.743. The molecule has 1 aliphatic rings. The van der Waals surface area contributed by atoms with Crippen LogP contribution in [0.25, 0.3) is 0 Å². The maximum Gasteiger partial charge on any atom is 0.405 e. The number of carbonyl (C=O) groups is 1. The molecule has 0 atom stereocenters. The van der Waals surface area contributed by atoms with Crippen LogP contribution in [-0.4, -0.2) is 11.1 Å². The van der Waals surface area contributed by atoms with Crippen molar-refractivity contribution in [1.82, 2.24) is 4.98 Å². The molecule has 2 N–H and O–H groups in total. The molecule has 1 fully saturated rings. The van der Waals surface area contributed by atoms with Crippen molar-refractivity contribution in [3.05, 3.63) is 28.5 Å². The van der Waals surface area contributed by atoms with Gasteiger partial charge in [-0.15, -0.1) is 0 Å². The summed E-state index contributed by atoms with van der Waals surface area (Å²) in [6.45, 7) is 0. The molecule has 74 valence electrons. The molecule has 4 nitrogen and oxygen atoms in total. The van der Waals surface area contributed by atoms with Crippen LogP contribution in [-0.2, 0) is 10.3 Å². The molecule has 2 rings (SSSR count). The first-order valence-electron chi connectivity index (χ1n) is 4.23. The third-order valence-corrected chi connectivity index (χ3v) is 2.66. The van der Waals surface area contributed by atoms with Gasteiger partial charge in [-0.3, -0.25) is 4.98 Å². The van der Waals surface area contributed by atoms with Crippen molar-refractivity contribution >= 4 is 22.0 Å². The van der Waals surface area contributed by atoms with E-state index in [1.165, 1.54) is 0 Å². The van der Waals surface area contributed by atoms with Gasteiger partial charge in [-0.2, -0.15) is 0 Å². The molecule has 14 heavy (non-hydrogen) atoms. The second-order valence-electron chi connectivity index (χ2n) is 3.28.